The Kier molecular flexibility index (Phi) is 3.38. The summed E-state index contributed by atoms with van der Waals surface area (Å²) >= 11 is 0. The third kappa shape index (κ3) is 2.38. The van der Waals surface area contributed by atoms with Crippen molar-refractivity contribution in [1.29, 1.82) is 0 Å². The molecule has 0 fully saturated rings. The first-order valence-corrected chi connectivity index (χ1v) is 5.36. The molecule has 0 aliphatic rings. The fraction of sp³-hybridized carbons (Fsp3) is 0.250. The zero-order chi connectivity index (χ0) is 13.3. The molecule has 2 rings (SSSR count). The van der Waals surface area contributed by atoms with Crippen LogP contribution in [0, 0.1) is 5.82 Å². The minimum atomic E-state index is -2.82. The molecule has 0 radical (unpaired) electrons. The van der Waals surface area contributed by atoms with E-state index in [2.05, 4.69) is 4.98 Å². The molecule has 0 aliphatic carbocycles. The second kappa shape index (κ2) is 4.81. The van der Waals surface area contributed by atoms with Gasteiger partial charge >= 0.3 is 0 Å². The number of rotatable bonds is 3. The Bertz CT molecular complexity index is 549. The van der Waals surface area contributed by atoms with Gasteiger partial charge in [0.1, 0.15) is 5.82 Å². The monoisotopic (exact) mass is 255 g/mol. The highest BCUT2D eigenvalue weighted by molar-refractivity contribution is 5.36. The Labute approximate surface area is 102 Å². The summed E-state index contributed by atoms with van der Waals surface area (Å²) in [6, 6.07) is 3.29. The first kappa shape index (κ1) is 12.6. The van der Waals surface area contributed by atoms with Crippen molar-refractivity contribution >= 4 is 0 Å². The van der Waals surface area contributed by atoms with E-state index in [1.165, 1.54) is 17.0 Å². The van der Waals surface area contributed by atoms with Crippen LogP contribution in [0.15, 0.2) is 30.7 Å². The highest BCUT2D eigenvalue weighted by atomic mass is 19.3. The molecule has 0 amide bonds. The molecule has 0 bridgehead atoms. The first-order valence-electron chi connectivity index (χ1n) is 5.36. The summed E-state index contributed by atoms with van der Waals surface area (Å²) in [5, 5.41) is 0. The topological polar surface area (TPSA) is 43.8 Å². The van der Waals surface area contributed by atoms with Gasteiger partial charge in [-0.3, -0.25) is 0 Å². The molecule has 1 heterocycles. The van der Waals surface area contributed by atoms with Crippen LogP contribution in [0.4, 0.5) is 13.2 Å². The van der Waals surface area contributed by atoms with Crippen molar-refractivity contribution in [2.24, 2.45) is 5.73 Å². The Morgan fingerprint density at radius 1 is 1.33 bits per heavy atom. The highest BCUT2D eigenvalue weighted by Crippen LogP contribution is 2.24. The lowest BCUT2D eigenvalue weighted by Gasteiger charge is -2.06. The second-order valence-corrected chi connectivity index (χ2v) is 4.00. The van der Waals surface area contributed by atoms with Gasteiger partial charge in [-0.15, -0.1) is 0 Å². The summed E-state index contributed by atoms with van der Waals surface area (Å²) in [5.74, 6) is -0.932. The lowest BCUT2D eigenvalue weighted by Crippen LogP contribution is -2.04. The summed E-state index contributed by atoms with van der Waals surface area (Å²) in [5.41, 5.74) is 6.12. The van der Waals surface area contributed by atoms with Gasteiger partial charge in [-0.1, -0.05) is 0 Å². The summed E-state index contributed by atoms with van der Waals surface area (Å²) in [6.07, 6.45) is 0.290. The van der Waals surface area contributed by atoms with E-state index < -0.39 is 17.8 Å². The van der Waals surface area contributed by atoms with Gasteiger partial charge in [0.25, 0.3) is 6.43 Å². The van der Waals surface area contributed by atoms with Crippen molar-refractivity contribution in [3.63, 3.8) is 0 Å². The van der Waals surface area contributed by atoms with E-state index >= 15 is 0 Å². The quantitative estimate of drug-likeness (QED) is 0.916. The zero-order valence-corrected chi connectivity index (χ0v) is 9.65. The molecule has 0 aliphatic heterocycles. The van der Waals surface area contributed by atoms with Crippen LogP contribution in [0.25, 0.3) is 5.69 Å². The average Bonchev–Trinajstić information content (AvgIpc) is 2.77. The average molecular weight is 255 g/mol. The zero-order valence-electron chi connectivity index (χ0n) is 9.65. The van der Waals surface area contributed by atoms with Crippen molar-refractivity contribution < 1.29 is 13.2 Å². The molecule has 2 N–H and O–H groups in total. The van der Waals surface area contributed by atoms with Crippen molar-refractivity contribution in [3.8, 4) is 5.69 Å². The number of nitrogens with zero attached hydrogens (tertiary/aromatic N) is 2. The van der Waals surface area contributed by atoms with E-state index in [9.17, 15) is 13.2 Å². The van der Waals surface area contributed by atoms with E-state index in [0.717, 1.165) is 12.1 Å². The summed E-state index contributed by atoms with van der Waals surface area (Å²) in [7, 11) is 0. The molecule has 0 saturated heterocycles. The normalized spacial score (nSPS) is 13.0. The predicted octanol–water partition coefficient (Wildman–Crippen LogP) is 2.97. The van der Waals surface area contributed by atoms with Crippen LogP contribution in [0.5, 0.6) is 0 Å². The van der Waals surface area contributed by atoms with Gasteiger partial charge in [0.15, 0.2) is 0 Å². The molecule has 2 aromatic rings. The van der Waals surface area contributed by atoms with Gasteiger partial charge in [-0.2, -0.15) is 0 Å². The summed E-state index contributed by atoms with van der Waals surface area (Å²) in [4.78, 5) is 4.05. The van der Waals surface area contributed by atoms with Crippen molar-refractivity contribution in [3.05, 3.63) is 47.8 Å². The van der Waals surface area contributed by atoms with Gasteiger partial charge in [-0.25, -0.2) is 18.2 Å². The number of aromatic nitrogens is 2. The molecule has 0 spiro atoms. The van der Waals surface area contributed by atoms with Crippen molar-refractivity contribution in [2.45, 2.75) is 19.4 Å². The lowest BCUT2D eigenvalue weighted by molar-refractivity contribution is 0.146. The van der Waals surface area contributed by atoms with Crippen LogP contribution in [0.1, 0.15) is 30.6 Å². The van der Waals surface area contributed by atoms with Gasteiger partial charge in [-0.05, 0) is 25.1 Å². The largest absolute Gasteiger partial charge is 0.323 e. The fourth-order valence-electron chi connectivity index (χ4n) is 1.57. The Morgan fingerprint density at radius 3 is 2.56 bits per heavy atom. The number of hydrogen-bond donors (Lipinski definition) is 1. The SMILES string of the molecule is C[C@H](N)c1cn(-c2ccc(C(F)F)c(F)c2)cn1. The number of alkyl halides is 2. The fourth-order valence-corrected chi connectivity index (χ4v) is 1.57. The standard InChI is InChI=1S/C12H12F3N3/c1-7(16)11-5-18(6-17-11)8-2-3-9(12(14)15)10(13)4-8/h2-7,12H,16H2,1H3/t7-/m0/s1. The third-order valence-corrected chi connectivity index (χ3v) is 2.59. The third-order valence-electron chi connectivity index (χ3n) is 2.59. The molecule has 0 unspecified atom stereocenters. The number of hydrogen-bond acceptors (Lipinski definition) is 2. The Morgan fingerprint density at radius 2 is 2.06 bits per heavy atom. The first-order chi connectivity index (χ1) is 8.49. The van der Waals surface area contributed by atoms with Crippen molar-refractivity contribution in [2.75, 3.05) is 0 Å². The van der Waals surface area contributed by atoms with Crippen LogP contribution < -0.4 is 5.73 Å². The molecule has 0 saturated carbocycles. The summed E-state index contributed by atoms with van der Waals surface area (Å²) < 4.78 is 39.7. The summed E-state index contributed by atoms with van der Waals surface area (Å²) in [6.45, 7) is 1.77. The lowest BCUT2D eigenvalue weighted by atomic mass is 10.2. The van der Waals surface area contributed by atoms with Crippen LogP contribution >= 0.6 is 0 Å². The van der Waals surface area contributed by atoms with Crippen LogP contribution in [-0.4, -0.2) is 9.55 Å². The molecular weight excluding hydrogens is 243 g/mol. The minimum Gasteiger partial charge on any atom is -0.323 e. The molecule has 1 aromatic heterocycles. The van der Waals surface area contributed by atoms with E-state index in [-0.39, 0.29) is 6.04 Å². The van der Waals surface area contributed by atoms with Crippen LogP contribution in [0.2, 0.25) is 0 Å². The number of benzene rings is 1. The number of imidazole rings is 1. The Balaban J connectivity index is 2.36. The van der Waals surface area contributed by atoms with E-state index in [4.69, 9.17) is 5.73 Å². The van der Waals surface area contributed by atoms with Crippen molar-refractivity contribution in [1.82, 2.24) is 9.55 Å². The van der Waals surface area contributed by atoms with Crippen LogP contribution in [-0.2, 0) is 0 Å². The number of nitrogens with two attached hydrogens (primary N) is 1. The van der Waals surface area contributed by atoms with Crippen LogP contribution in [0.3, 0.4) is 0 Å². The molecule has 18 heavy (non-hydrogen) atoms. The van der Waals surface area contributed by atoms with Gasteiger partial charge in [0, 0.05) is 17.9 Å². The Hall–Kier alpha value is -1.82. The molecule has 1 atom stereocenters. The molecular formula is C12H12F3N3. The van der Waals surface area contributed by atoms with E-state index in [1.54, 1.807) is 13.1 Å². The maximum atomic E-state index is 13.4. The number of halogens is 3. The second-order valence-electron chi connectivity index (χ2n) is 4.00. The molecule has 1 aromatic carbocycles. The van der Waals surface area contributed by atoms with E-state index in [0.29, 0.717) is 11.4 Å². The molecule has 3 nitrogen and oxygen atoms in total. The smallest absolute Gasteiger partial charge is 0.266 e. The maximum absolute atomic E-state index is 13.4. The van der Waals surface area contributed by atoms with Gasteiger partial charge in [0.2, 0.25) is 0 Å². The predicted molar refractivity (Wildman–Crippen MR) is 61.1 cm³/mol. The maximum Gasteiger partial charge on any atom is 0.266 e. The highest BCUT2D eigenvalue weighted by Gasteiger charge is 2.14. The van der Waals surface area contributed by atoms with E-state index in [1.807, 2.05) is 0 Å². The molecule has 96 valence electrons. The van der Waals surface area contributed by atoms with Gasteiger partial charge in [0.05, 0.1) is 17.6 Å². The van der Waals surface area contributed by atoms with Gasteiger partial charge < -0.3 is 10.3 Å². The molecule has 6 heteroatoms. The minimum absolute atomic E-state index is 0.239.